The van der Waals surface area contributed by atoms with Crippen LogP contribution in [0.1, 0.15) is 97.3 Å². The maximum Gasteiger partial charge on any atom is 0.389 e. The molecule has 0 aliphatic rings. The van der Waals surface area contributed by atoms with Crippen molar-refractivity contribution < 1.29 is 44.9 Å². The van der Waals surface area contributed by atoms with E-state index in [2.05, 4.69) is 0 Å². The molecule has 0 aliphatic carbocycles. The smallest absolute Gasteiger partial charge is 0.330 e. The third-order valence-electron chi connectivity index (χ3n) is 6.46. The molecule has 1 unspecified atom stereocenters. The average Bonchev–Trinajstić information content (AvgIpc) is 2.74. The molecule has 33 heavy (non-hydrogen) atoms. The third-order valence-corrected chi connectivity index (χ3v) is 6.46. The first-order valence-corrected chi connectivity index (χ1v) is 11.7. The van der Waals surface area contributed by atoms with E-state index >= 15 is 17.6 Å². The van der Waals surface area contributed by atoms with Crippen LogP contribution in [0.4, 0.5) is 30.7 Å². The predicted molar refractivity (Wildman–Crippen MR) is 114 cm³/mol. The number of unbranched alkanes of at least 4 members (excludes halogenated alkanes) is 7. The Balaban J connectivity index is 5.74. The lowest BCUT2D eigenvalue weighted by Crippen LogP contribution is -2.66. The lowest BCUT2D eigenvalue weighted by molar-refractivity contribution is -0.457. The first-order valence-electron chi connectivity index (χ1n) is 11.7. The standard InChI is InChI=1S/C23H41F7O3/c1-6-8-9-10-11-13-16-19(7-2,23(31-3,32-4)33-5)22(29,30)20(24,25)17-14-12-15-18-21(26,27)28/h6-18H2,1-5H3. The van der Waals surface area contributed by atoms with Crippen LogP contribution >= 0.6 is 0 Å². The average molecular weight is 499 g/mol. The van der Waals surface area contributed by atoms with E-state index in [-0.39, 0.29) is 25.7 Å². The lowest BCUT2D eigenvalue weighted by Gasteiger charge is -2.52. The summed E-state index contributed by atoms with van der Waals surface area (Å²) in [6.07, 6.45) is -4.09. The maximum absolute atomic E-state index is 15.7. The second-order valence-electron chi connectivity index (χ2n) is 8.58. The highest BCUT2D eigenvalue weighted by Crippen LogP contribution is 2.60. The number of halogens is 7. The zero-order valence-electron chi connectivity index (χ0n) is 20.6. The van der Waals surface area contributed by atoms with Gasteiger partial charge in [0, 0.05) is 34.2 Å². The minimum absolute atomic E-state index is 0.230. The van der Waals surface area contributed by atoms with E-state index in [9.17, 15) is 13.2 Å². The van der Waals surface area contributed by atoms with Crippen LogP contribution in [0.2, 0.25) is 0 Å². The molecule has 0 N–H and O–H groups in total. The molecule has 0 bridgehead atoms. The number of hydrogen-bond acceptors (Lipinski definition) is 3. The monoisotopic (exact) mass is 498 g/mol. The summed E-state index contributed by atoms with van der Waals surface area (Å²) in [4.78, 5) is 0. The summed E-state index contributed by atoms with van der Waals surface area (Å²) in [5.74, 6) is -11.5. The fourth-order valence-electron chi connectivity index (χ4n) is 4.52. The Morgan fingerprint density at radius 1 is 0.545 bits per heavy atom. The van der Waals surface area contributed by atoms with E-state index in [0.29, 0.717) is 6.42 Å². The maximum atomic E-state index is 15.7. The topological polar surface area (TPSA) is 27.7 Å². The van der Waals surface area contributed by atoms with Crippen molar-refractivity contribution in [2.45, 2.75) is 121 Å². The molecule has 0 radical (unpaired) electrons. The molecule has 0 aromatic carbocycles. The second kappa shape index (κ2) is 14.1. The van der Waals surface area contributed by atoms with Gasteiger partial charge in [0.2, 0.25) is 0 Å². The van der Waals surface area contributed by atoms with E-state index in [4.69, 9.17) is 14.2 Å². The molecule has 3 nitrogen and oxygen atoms in total. The van der Waals surface area contributed by atoms with Gasteiger partial charge in [0.15, 0.2) is 0 Å². The molecule has 0 rings (SSSR count). The van der Waals surface area contributed by atoms with Gasteiger partial charge in [-0.15, -0.1) is 0 Å². The van der Waals surface area contributed by atoms with Gasteiger partial charge in [-0.3, -0.25) is 0 Å². The Labute approximate surface area is 193 Å². The molecule has 0 spiro atoms. The van der Waals surface area contributed by atoms with E-state index in [1.54, 1.807) is 0 Å². The largest absolute Gasteiger partial charge is 0.389 e. The molecular formula is C23H41F7O3. The Bertz CT molecular complexity index is 514. The van der Waals surface area contributed by atoms with Gasteiger partial charge in [0.25, 0.3) is 5.97 Å². The molecule has 1 atom stereocenters. The van der Waals surface area contributed by atoms with Crippen molar-refractivity contribution in [3.8, 4) is 0 Å². The highest BCUT2D eigenvalue weighted by Gasteiger charge is 2.75. The number of hydrogen-bond donors (Lipinski definition) is 0. The number of methoxy groups -OCH3 is 3. The quantitative estimate of drug-likeness (QED) is 0.101. The second-order valence-corrected chi connectivity index (χ2v) is 8.58. The first-order chi connectivity index (χ1) is 15.3. The summed E-state index contributed by atoms with van der Waals surface area (Å²) in [5, 5.41) is 0. The lowest BCUT2D eigenvalue weighted by atomic mass is 9.68. The van der Waals surface area contributed by atoms with E-state index in [1.807, 2.05) is 6.92 Å². The number of ether oxygens (including phenoxy) is 3. The van der Waals surface area contributed by atoms with E-state index in [0.717, 1.165) is 47.0 Å². The zero-order valence-corrected chi connectivity index (χ0v) is 20.6. The Kier molecular flexibility index (Phi) is 13.8. The van der Waals surface area contributed by atoms with Crippen molar-refractivity contribution in [1.82, 2.24) is 0 Å². The van der Waals surface area contributed by atoms with Crippen molar-refractivity contribution in [1.29, 1.82) is 0 Å². The molecule has 0 heterocycles. The normalized spacial score (nSPS) is 15.6. The Morgan fingerprint density at radius 2 is 0.970 bits per heavy atom. The SMILES string of the molecule is CCCCCCCCC(CC)(C(OC)(OC)OC)C(F)(F)C(F)(F)CCCCCC(F)(F)F. The third kappa shape index (κ3) is 8.23. The van der Waals surface area contributed by atoms with Crippen LogP contribution in [0.25, 0.3) is 0 Å². The van der Waals surface area contributed by atoms with E-state index < -0.39 is 55.1 Å². The summed E-state index contributed by atoms with van der Waals surface area (Å²) in [6.45, 7) is 3.40. The van der Waals surface area contributed by atoms with Gasteiger partial charge in [-0.1, -0.05) is 58.8 Å². The van der Waals surface area contributed by atoms with Crippen LogP contribution < -0.4 is 0 Å². The molecule has 0 amide bonds. The van der Waals surface area contributed by atoms with Gasteiger partial charge < -0.3 is 14.2 Å². The minimum atomic E-state index is -4.61. The summed E-state index contributed by atoms with van der Waals surface area (Å²) in [6, 6.07) is 0. The molecule has 0 fully saturated rings. The van der Waals surface area contributed by atoms with Crippen molar-refractivity contribution in [3.63, 3.8) is 0 Å². The predicted octanol–water partition coefficient (Wildman–Crippen LogP) is 8.51. The zero-order chi connectivity index (χ0) is 25.8. The van der Waals surface area contributed by atoms with Crippen molar-refractivity contribution in [2.75, 3.05) is 21.3 Å². The van der Waals surface area contributed by atoms with Crippen LogP contribution in [0.5, 0.6) is 0 Å². The molecule has 0 aromatic heterocycles. The summed E-state index contributed by atoms with van der Waals surface area (Å²) >= 11 is 0. The molecule has 0 saturated carbocycles. The minimum Gasteiger partial charge on any atom is -0.330 e. The molecule has 0 aromatic rings. The Morgan fingerprint density at radius 3 is 1.42 bits per heavy atom. The van der Waals surface area contributed by atoms with Gasteiger partial charge in [-0.2, -0.15) is 30.7 Å². The van der Waals surface area contributed by atoms with Crippen molar-refractivity contribution >= 4 is 0 Å². The van der Waals surface area contributed by atoms with Crippen LogP contribution in [0.3, 0.4) is 0 Å². The Hall–Kier alpha value is -0.610. The van der Waals surface area contributed by atoms with Gasteiger partial charge >= 0.3 is 18.0 Å². The fraction of sp³-hybridized carbons (Fsp3) is 1.00. The van der Waals surface area contributed by atoms with Gasteiger partial charge in [0.05, 0.1) is 0 Å². The van der Waals surface area contributed by atoms with Crippen molar-refractivity contribution in [2.24, 2.45) is 5.41 Å². The fourth-order valence-corrected chi connectivity index (χ4v) is 4.52. The number of alkyl halides is 7. The summed E-state index contributed by atoms with van der Waals surface area (Å²) < 4.78 is 114. The van der Waals surface area contributed by atoms with Gasteiger partial charge in [0.1, 0.15) is 5.41 Å². The van der Waals surface area contributed by atoms with E-state index in [1.165, 1.54) is 6.92 Å². The molecule has 0 saturated heterocycles. The van der Waals surface area contributed by atoms with Crippen LogP contribution in [0, 0.1) is 5.41 Å². The van der Waals surface area contributed by atoms with Crippen LogP contribution in [-0.2, 0) is 14.2 Å². The number of rotatable bonds is 19. The van der Waals surface area contributed by atoms with Gasteiger partial charge in [-0.05, 0) is 25.7 Å². The molecule has 0 aliphatic heterocycles. The summed E-state index contributed by atoms with van der Waals surface area (Å²) in [5.41, 5.74) is -2.52. The molecule has 10 heteroatoms. The molecule has 200 valence electrons. The van der Waals surface area contributed by atoms with Crippen LogP contribution in [0.15, 0.2) is 0 Å². The first kappa shape index (κ1) is 32.4. The van der Waals surface area contributed by atoms with Gasteiger partial charge in [-0.25, -0.2) is 0 Å². The highest BCUT2D eigenvalue weighted by atomic mass is 19.4. The summed E-state index contributed by atoms with van der Waals surface area (Å²) in [7, 11) is 3.18. The van der Waals surface area contributed by atoms with Crippen LogP contribution in [-0.4, -0.2) is 45.3 Å². The highest BCUT2D eigenvalue weighted by molar-refractivity contribution is 5.05. The molecular weight excluding hydrogens is 457 g/mol. The van der Waals surface area contributed by atoms with Crippen molar-refractivity contribution in [3.05, 3.63) is 0 Å².